The van der Waals surface area contributed by atoms with E-state index in [1.807, 2.05) is 0 Å². The van der Waals surface area contributed by atoms with E-state index in [1.165, 1.54) is 89.0 Å². The van der Waals surface area contributed by atoms with Gasteiger partial charge >= 0.3 is 0 Å². The topological polar surface area (TPSA) is 3.24 Å². The maximum absolute atomic E-state index is 2.53. The Labute approximate surface area is 379 Å². The Balaban J connectivity index is 1.22. The number of rotatable bonds is 7. The molecule has 310 valence electrons. The highest BCUT2D eigenvalue weighted by atomic mass is 15.1. The lowest BCUT2D eigenvalue weighted by atomic mass is 9.65. The van der Waals surface area contributed by atoms with Crippen molar-refractivity contribution in [3.8, 4) is 44.5 Å². The van der Waals surface area contributed by atoms with Gasteiger partial charge in [0.15, 0.2) is 0 Å². The minimum absolute atomic E-state index is 0.0648. The van der Waals surface area contributed by atoms with Gasteiger partial charge in [-0.25, -0.2) is 0 Å². The summed E-state index contributed by atoms with van der Waals surface area (Å²) in [6, 6.07) is 79.7. The van der Waals surface area contributed by atoms with Crippen molar-refractivity contribution in [2.45, 2.75) is 57.8 Å². The molecule has 2 aliphatic rings. The van der Waals surface area contributed by atoms with Gasteiger partial charge in [-0.15, -0.1) is 0 Å². The second kappa shape index (κ2) is 15.0. The molecule has 11 rings (SSSR count). The minimum atomic E-state index is -0.621. The lowest BCUT2D eigenvalue weighted by Gasteiger charge is -2.37. The number of hydrogen-bond donors (Lipinski definition) is 0. The SMILES string of the molecule is Cc1cc(-c2ccccc2)ccc1N(c1ccc2c(c1)C(C)(C)c1ccccc1-2)c1ccc2c(c1)C(c1ccccc1)(c1ccccc1)c1c(-c3ccccc3)cc(C(C)(C)C)cc1-2. The van der Waals surface area contributed by atoms with Gasteiger partial charge in [-0.1, -0.05) is 211 Å². The standard InChI is InChI=1S/C63H53N/c1-42-37-45(43-21-11-7-12-22-43)31-36-59(42)64(49-32-34-52-51-29-19-20-30-56(51)62(5,6)57(52)40-49)50-33-35-53-55-39-48(61(2,3)4)38-54(44-23-13-8-14-24-44)60(55)63(58(53)41-50,46-25-15-9-16-26-46)47-27-17-10-18-28-47/h7-41H,1-6H3. The molecular weight excluding hydrogens is 771 g/mol. The molecule has 0 atom stereocenters. The lowest BCUT2D eigenvalue weighted by Crippen LogP contribution is -2.29. The smallest absolute Gasteiger partial charge is 0.0720 e. The molecule has 0 spiro atoms. The summed E-state index contributed by atoms with van der Waals surface area (Å²) < 4.78 is 0. The van der Waals surface area contributed by atoms with Crippen LogP contribution in [0.15, 0.2) is 212 Å². The predicted octanol–water partition coefficient (Wildman–Crippen LogP) is 16.8. The molecule has 0 unspecified atom stereocenters. The summed E-state index contributed by atoms with van der Waals surface area (Å²) in [5, 5.41) is 0. The normalized spacial score (nSPS) is 14.0. The van der Waals surface area contributed by atoms with Crippen molar-refractivity contribution in [1.29, 1.82) is 0 Å². The van der Waals surface area contributed by atoms with Gasteiger partial charge in [0.05, 0.1) is 5.41 Å². The molecule has 0 heterocycles. The fourth-order valence-corrected chi connectivity index (χ4v) is 11.0. The number of anilines is 3. The summed E-state index contributed by atoms with van der Waals surface area (Å²) >= 11 is 0. The maximum atomic E-state index is 2.53. The molecular formula is C63H53N. The van der Waals surface area contributed by atoms with Crippen LogP contribution in [0.4, 0.5) is 17.1 Å². The number of nitrogens with zero attached hydrogens (tertiary/aromatic N) is 1. The van der Waals surface area contributed by atoms with E-state index in [-0.39, 0.29) is 10.8 Å². The molecule has 0 N–H and O–H groups in total. The van der Waals surface area contributed by atoms with Gasteiger partial charge in [0.2, 0.25) is 0 Å². The van der Waals surface area contributed by atoms with Gasteiger partial charge in [-0.3, -0.25) is 0 Å². The molecule has 64 heavy (non-hydrogen) atoms. The van der Waals surface area contributed by atoms with E-state index in [2.05, 4.69) is 259 Å². The summed E-state index contributed by atoms with van der Waals surface area (Å²) in [4.78, 5) is 2.52. The van der Waals surface area contributed by atoms with E-state index < -0.39 is 5.41 Å². The Morgan fingerprint density at radius 1 is 0.391 bits per heavy atom. The van der Waals surface area contributed by atoms with Crippen LogP contribution >= 0.6 is 0 Å². The molecule has 0 saturated carbocycles. The van der Waals surface area contributed by atoms with Gasteiger partial charge in [0.25, 0.3) is 0 Å². The van der Waals surface area contributed by atoms with Gasteiger partial charge in [-0.05, 0) is 138 Å². The van der Waals surface area contributed by atoms with Crippen LogP contribution in [-0.4, -0.2) is 0 Å². The van der Waals surface area contributed by atoms with Crippen LogP contribution in [-0.2, 0) is 16.2 Å². The van der Waals surface area contributed by atoms with Crippen LogP contribution < -0.4 is 4.90 Å². The Morgan fingerprint density at radius 2 is 0.891 bits per heavy atom. The van der Waals surface area contributed by atoms with Crippen LogP contribution in [0, 0.1) is 6.92 Å². The van der Waals surface area contributed by atoms with E-state index in [0.29, 0.717) is 0 Å². The van der Waals surface area contributed by atoms with Crippen molar-refractivity contribution in [3.05, 3.63) is 257 Å². The molecule has 1 nitrogen and oxygen atoms in total. The lowest BCUT2D eigenvalue weighted by molar-refractivity contribution is 0.590. The fourth-order valence-electron chi connectivity index (χ4n) is 11.0. The number of fused-ring (bicyclic) bond motifs is 6. The van der Waals surface area contributed by atoms with E-state index in [1.54, 1.807) is 0 Å². The van der Waals surface area contributed by atoms with Gasteiger partial charge in [0, 0.05) is 22.5 Å². The summed E-state index contributed by atoms with van der Waals surface area (Å²) in [7, 11) is 0. The summed E-state index contributed by atoms with van der Waals surface area (Å²) in [5.41, 5.74) is 23.2. The van der Waals surface area contributed by atoms with Crippen molar-refractivity contribution in [2.24, 2.45) is 0 Å². The fraction of sp³-hybridized carbons (Fsp3) is 0.143. The quantitative estimate of drug-likeness (QED) is 0.155. The molecule has 1 heteroatoms. The van der Waals surface area contributed by atoms with Gasteiger partial charge in [0.1, 0.15) is 0 Å². The van der Waals surface area contributed by atoms with E-state index in [9.17, 15) is 0 Å². The second-order valence-electron chi connectivity index (χ2n) is 19.4. The third-order valence-corrected chi connectivity index (χ3v) is 14.2. The first-order valence-electron chi connectivity index (χ1n) is 22.8. The number of hydrogen-bond acceptors (Lipinski definition) is 1. The molecule has 2 aliphatic carbocycles. The maximum Gasteiger partial charge on any atom is 0.0720 e. The highest BCUT2D eigenvalue weighted by Gasteiger charge is 2.48. The van der Waals surface area contributed by atoms with Crippen molar-refractivity contribution in [3.63, 3.8) is 0 Å². The predicted molar refractivity (Wildman–Crippen MR) is 270 cm³/mol. The molecule has 0 fully saturated rings. The van der Waals surface area contributed by atoms with Crippen molar-refractivity contribution in [1.82, 2.24) is 0 Å². The van der Waals surface area contributed by atoms with Crippen molar-refractivity contribution in [2.75, 3.05) is 4.90 Å². The van der Waals surface area contributed by atoms with Crippen LogP contribution in [0.3, 0.4) is 0 Å². The third-order valence-electron chi connectivity index (χ3n) is 14.2. The Bertz CT molecular complexity index is 3170. The zero-order valence-corrected chi connectivity index (χ0v) is 37.7. The molecule has 9 aromatic carbocycles. The Morgan fingerprint density at radius 3 is 1.48 bits per heavy atom. The molecule has 0 amide bonds. The largest absolute Gasteiger partial charge is 0.310 e. The monoisotopic (exact) mass is 823 g/mol. The molecule has 9 aromatic rings. The molecule has 0 aliphatic heterocycles. The van der Waals surface area contributed by atoms with Crippen LogP contribution in [0.1, 0.15) is 79.1 Å². The molecule has 0 aromatic heterocycles. The van der Waals surface area contributed by atoms with Crippen molar-refractivity contribution < 1.29 is 0 Å². The second-order valence-corrected chi connectivity index (χ2v) is 19.4. The van der Waals surface area contributed by atoms with Crippen LogP contribution in [0.2, 0.25) is 0 Å². The summed E-state index contributed by atoms with van der Waals surface area (Å²) in [6.07, 6.45) is 0. The average molecular weight is 824 g/mol. The number of benzene rings is 9. The zero-order chi connectivity index (χ0) is 43.8. The van der Waals surface area contributed by atoms with Gasteiger partial charge in [-0.2, -0.15) is 0 Å². The van der Waals surface area contributed by atoms with Crippen LogP contribution in [0.25, 0.3) is 44.5 Å². The Kier molecular flexibility index (Phi) is 9.26. The first kappa shape index (κ1) is 39.6. The van der Waals surface area contributed by atoms with E-state index in [4.69, 9.17) is 0 Å². The molecule has 0 radical (unpaired) electrons. The first-order valence-corrected chi connectivity index (χ1v) is 22.8. The third kappa shape index (κ3) is 6.13. The van der Waals surface area contributed by atoms with E-state index >= 15 is 0 Å². The zero-order valence-electron chi connectivity index (χ0n) is 37.7. The highest BCUT2D eigenvalue weighted by molar-refractivity contribution is 5.95. The molecule has 0 bridgehead atoms. The van der Waals surface area contributed by atoms with Crippen LogP contribution in [0.5, 0.6) is 0 Å². The number of aryl methyl sites for hydroxylation is 1. The summed E-state index contributed by atoms with van der Waals surface area (Å²) in [6.45, 7) is 14.0. The van der Waals surface area contributed by atoms with Gasteiger partial charge < -0.3 is 4.90 Å². The Hall–Kier alpha value is -7.22. The average Bonchev–Trinajstić information content (AvgIpc) is 3.75. The first-order chi connectivity index (χ1) is 31.0. The minimum Gasteiger partial charge on any atom is -0.310 e. The van der Waals surface area contributed by atoms with E-state index in [0.717, 1.165) is 17.1 Å². The van der Waals surface area contributed by atoms with Crippen molar-refractivity contribution >= 4 is 17.1 Å². The highest BCUT2D eigenvalue weighted by Crippen LogP contribution is 2.61. The molecule has 0 saturated heterocycles. The summed E-state index contributed by atoms with van der Waals surface area (Å²) in [5.74, 6) is 0.